The Morgan fingerprint density at radius 3 is 2.33 bits per heavy atom. The molecule has 0 aliphatic rings. The minimum Gasteiger partial charge on any atom is -0.506 e. The van der Waals surface area contributed by atoms with Crippen molar-refractivity contribution in [3.8, 4) is 5.75 Å². The van der Waals surface area contributed by atoms with E-state index < -0.39 is 0 Å². The van der Waals surface area contributed by atoms with E-state index in [4.69, 9.17) is 34.7 Å². The van der Waals surface area contributed by atoms with Crippen LogP contribution in [0.2, 0.25) is 10.0 Å². The predicted octanol–water partition coefficient (Wildman–Crippen LogP) is 3.45. The highest BCUT2D eigenvalue weighted by atomic mass is 35.5. The predicted molar refractivity (Wildman–Crippen MR) is 76.2 cm³/mol. The van der Waals surface area contributed by atoms with Crippen LogP contribution in [0.1, 0.15) is 11.1 Å². The first-order valence-electron chi connectivity index (χ1n) is 5.28. The molecule has 5 N–H and O–H groups in total. The van der Waals surface area contributed by atoms with Crippen LogP contribution in [-0.4, -0.2) is 5.11 Å². The third kappa shape index (κ3) is 2.47. The summed E-state index contributed by atoms with van der Waals surface area (Å²) in [5, 5.41) is 10.6. The maximum atomic E-state index is 9.89. The Morgan fingerprint density at radius 1 is 1.00 bits per heavy atom. The summed E-state index contributed by atoms with van der Waals surface area (Å²) in [5.74, 6) is 0.00427. The lowest BCUT2D eigenvalue weighted by Crippen LogP contribution is -1.94. The molecule has 0 bridgehead atoms. The van der Waals surface area contributed by atoms with Crippen LogP contribution in [-0.2, 0) is 6.42 Å². The number of nitrogen functional groups attached to an aromatic ring is 2. The zero-order valence-electron chi connectivity index (χ0n) is 9.45. The van der Waals surface area contributed by atoms with Crippen molar-refractivity contribution in [2.24, 2.45) is 0 Å². The van der Waals surface area contributed by atoms with Crippen LogP contribution in [0, 0.1) is 0 Å². The maximum absolute atomic E-state index is 9.89. The van der Waals surface area contributed by atoms with Gasteiger partial charge in [0.25, 0.3) is 0 Å². The van der Waals surface area contributed by atoms with E-state index in [1.807, 2.05) is 6.07 Å². The first-order chi connectivity index (χ1) is 8.49. The van der Waals surface area contributed by atoms with Crippen LogP contribution in [0.15, 0.2) is 30.3 Å². The van der Waals surface area contributed by atoms with Crippen molar-refractivity contribution in [3.63, 3.8) is 0 Å². The topological polar surface area (TPSA) is 72.3 Å². The van der Waals surface area contributed by atoms with Gasteiger partial charge in [-0.05, 0) is 29.3 Å². The molecule has 0 aliphatic carbocycles. The molecule has 0 aliphatic heterocycles. The second-order valence-electron chi connectivity index (χ2n) is 4.01. The van der Waals surface area contributed by atoms with Crippen molar-refractivity contribution < 1.29 is 5.11 Å². The Hall–Kier alpha value is -1.58. The summed E-state index contributed by atoms with van der Waals surface area (Å²) in [5.41, 5.74) is 13.7. The van der Waals surface area contributed by atoms with Gasteiger partial charge in [0.15, 0.2) is 0 Å². The number of benzene rings is 2. The second kappa shape index (κ2) is 4.96. The number of aromatic hydroxyl groups is 1. The summed E-state index contributed by atoms with van der Waals surface area (Å²) in [6, 6.07) is 8.75. The number of rotatable bonds is 2. The van der Waals surface area contributed by atoms with Crippen molar-refractivity contribution in [1.29, 1.82) is 0 Å². The molecule has 0 spiro atoms. The highest BCUT2D eigenvalue weighted by Gasteiger charge is 2.10. The van der Waals surface area contributed by atoms with Crippen LogP contribution >= 0.6 is 23.2 Å². The van der Waals surface area contributed by atoms with E-state index in [-0.39, 0.29) is 10.8 Å². The van der Waals surface area contributed by atoms with Crippen molar-refractivity contribution in [1.82, 2.24) is 0 Å². The lowest BCUT2D eigenvalue weighted by Gasteiger charge is -2.09. The Morgan fingerprint density at radius 2 is 1.67 bits per heavy atom. The molecule has 3 nitrogen and oxygen atoms in total. The number of halogens is 2. The summed E-state index contributed by atoms with van der Waals surface area (Å²) in [4.78, 5) is 0. The average molecular weight is 283 g/mol. The van der Waals surface area contributed by atoms with Crippen molar-refractivity contribution in [3.05, 3.63) is 51.5 Å². The van der Waals surface area contributed by atoms with Crippen molar-refractivity contribution in [2.45, 2.75) is 6.42 Å². The molecule has 0 radical (unpaired) electrons. The standard InChI is InChI=1S/C13H12Cl2N2O/c14-9-6-7(1-3-10(9)16)5-8-2-4-11(17)12(15)13(8)18/h1-4,6,18H,5,16-17H2. The van der Waals surface area contributed by atoms with E-state index in [0.29, 0.717) is 28.4 Å². The van der Waals surface area contributed by atoms with E-state index in [9.17, 15) is 5.11 Å². The zero-order valence-corrected chi connectivity index (χ0v) is 11.0. The van der Waals surface area contributed by atoms with E-state index in [1.54, 1.807) is 24.3 Å². The maximum Gasteiger partial charge on any atom is 0.139 e. The van der Waals surface area contributed by atoms with Gasteiger partial charge in [0.1, 0.15) is 10.8 Å². The molecule has 0 fully saturated rings. The van der Waals surface area contributed by atoms with Gasteiger partial charge in [-0.15, -0.1) is 0 Å². The van der Waals surface area contributed by atoms with Gasteiger partial charge in [0.2, 0.25) is 0 Å². The number of phenols is 1. The number of phenolic OH excluding ortho intramolecular Hbond substituents is 1. The molecule has 2 aromatic rings. The van der Waals surface area contributed by atoms with Gasteiger partial charge in [-0.3, -0.25) is 0 Å². The lowest BCUT2D eigenvalue weighted by atomic mass is 10.0. The zero-order chi connectivity index (χ0) is 13.3. The number of hydrogen-bond donors (Lipinski definition) is 3. The van der Waals surface area contributed by atoms with Crippen LogP contribution < -0.4 is 11.5 Å². The Labute approximate surface area is 115 Å². The Bertz CT molecular complexity index is 600. The summed E-state index contributed by atoms with van der Waals surface area (Å²) in [7, 11) is 0. The highest BCUT2D eigenvalue weighted by Crippen LogP contribution is 2.34. The molecule has 0 atom stereocenters. The van der Waals surface area contributed by atoms with Crippen LogP contribution in [0.25, 0.3) is 0 Å². The molecular weight excluding hydrogens is 271 g/mol. The molecule has 0 amide bonds. The fourth-order valence-corrected chi connectivity index (χ4v) is 2.05. The summed E-state index contributed by atoms with van der Waals surface area (Å²) in [6.07, 6.45) is 0.506. The molecule has 5 heteroatoms. The molecule has 18 heavy (non-hydrogen) atoms. The summed E-state index contributed by atoms with van der Waals surface area (Å²) < 4.78 is 0. The monoisotopic (exact) mass is 282 g/mol. The molecule has 0 aromatic heterocycles. The van der Waals surface area contributed by atoms with E-state index in [0.717, 1.165) is 5.56 Å². The Kier molecular flexibility index (Phi) is 3.55. The van der Waals surface area contributed by atoms with Crippen LogP contribution in [0.4, 0.5) is 11.4 Å². The third-order valence-electron chi connectivity index (χ3n) is 2.69. The molecule has 0 saturated carbocycles. The van der Waals surface area contributed by atoms with Gasteiger partial charge >= 0.3 is 0 Å². The van der Waals surface area contributed by atoms with Gasteiger partial charge in [-0.1, -0.05) is 35.3 Å². The largest absolute Gasteiger partial charge is 0.506 e. The Balaban J connectivity index is 2.34. The lowest BCUT2D eigenvalue weighted by molar-refractivity contribution is 0.470. The van der Waals surface area contributed by atoms with Gasteiger partial charge in [0, 0.05) is 6.42 Å². The molecule has 94 valence electrons. The average Bonchev–Trinajstić information content (AvgIpc) is 2.34. The second-order valence-corrected chi connectivity index (χ2v) is 4.79. The van der Waals surface area contributed by atoms with Gasteiger partial charge < -0.3 is 16.6 Å². The SMILES string of the molecule is Nc1ccc(Cc2ccc(N)c(Cl)c2O)cc1Cl. The van der Waals surface area contributed by atoms with Crippen LogP contribution in [0.5, 0.6) is 5.75 Å². The molecule has 2 rings (SSSR count). The molecule has 0 saturated heterocycles. The number of nitrogens with two attached hydrogens (primary N) is 2. The van der Waals surface area contributed by atoms with Gasteiger partial charge in [-0.25, -0.2) is 0 Å². The molecular formula is C13H12Cl2N2O. The molecule has 0 unspecified atom stereocenters. The van der Waals surface area contributed by atoms with E-state index in [1.165, 1.54) is 0 Å². The normalized spacial score (nSPS) is 10.6. The van der Waals surface area contributed by atoms with Crippen LogP contribution in [0.3, 0.4) is 0 Å². The van der Waals surface area contributed by atoms with Gasteiger partial charge in [0.05, 0.1) is 16.4 Å². The first-order valence-corrected chi connectivity index (χ1v) is 6.04. The quantitative estimate of drug-likeness (QED) is 0.739. The molecule has 2 aromatic carbocycles. The highest BCUT2D eigenvalue weighted by molar-refractivity contribution is 6.34. The fourth-order valence-electron chi connectivity index (χ4n) is 1.66. The van der Waals surface area contributed by atoms with Crippen molar-refractivity contribution >= 4 is 34.6 Å². The van der Waals surface area contributed by atoms with Crippen molar-refractivity contribution in [2.75, 3.05) is 11.5 Å². The third-order valence-corrected chi connectivity index (χ3v) is 3.41. The van der Waals surface area contributed by atoms with E-state index >= 15 is 0 Å². The number of anilines is 2. The molecule has 0 heterocycles. The smallest absolute Gasteiger partial charge is 0.139 e. The fraction of sp³-hybridized carbons (Fsp3) is 0.0769. The minimum absolute atomic E-state index is 0.00427. The van der Waals surface area contributed by atoms with Gasteiger partial charge in [-0.2, -0.15) is 0 Å². The van der Waals surface area contributed by atoms with E-state index in [2.05, 4.69) is 0 Å². The number of hydrogen-bond acceptors (Lipinski definition) is 3. The first kappa shape index (κ1) is 12.9. The summed E-state index contributed by atoms with van der Waals surface area (Å²) >= 11 is 11.8. The summed E-state index contributed by atoms with van der Waals surface area (Å²) in [6.45, 7) is 0. The minimum atomic E-state index is 0.00427.